The number of hydrogen-bond donors (Lipinski definition) is 0. The van der Waals surface area contributed by atoms with E-state index in [0.717, 1.165) is 11.8 Å². The fraction of sp³-hybridized carbons (Fsp3) is 0.560. The van der Waals surface area contributed by atoms with E-state index < -0.39 is 21.4 Å². The lowest BCUT2D eigenvalue weighted by Crippen LogP contribution is -2.41. The Morgan fingerprint density at radius 3 is 2.47 bits per heavy atom. The molecule has 1 aromatic rings. The van der Waals surface area contributed by atoms with E-state index in [-0.39, 0.29) is 34.9 Å². The summed E-state index contributed by atoms with van der Waals surface area (Å²) in [6, 6.07) is 1.52. The van der Waals surface area contributed by atoms with Crippen LogP contribution in [0.1, 0.15) is 49.8 Å². The predicted octanol–water partition coefficient (Wildman–Crippen LogP) is 2.22. The summed E-state index contributed by atoms with van der Waals surface area (Å²) in [7, 11) is -3.22. The van der Waals surface area contributed by atoms with Crippen LogP contribution < -0.4 is 10.5 Å². The summed E-state index contributed by atoms with van der Waals surface area (Å²) in [5.41, 5.74) is 0.618. The number of rotatable bonds is 6. The Balaban J connectivity index is 1.75. The number of pyridine rings is 1. The minimum Gasteiger partial charge on any atom is -0.466 e. The molecule has 0 radical (unpaired) electrons. The van der Waals surface area contributed by atoms with Gasteiger partial charge in [-0.1, -0.05) is 24.0 Å². The highest BCUT2D eigenvalue weighted by atomic mass is 32.2. The van der Waals surface area contributed by atoms with Gasteiger partial charge in [-0.2, -0.15) is 5.26 Å². The maximum absolute atomic E-state index is 13.4. The van der Waals surface area contributed by atoms with Gasteiger partial charge in [-0.15, -0.1) is 0 Å². The number of aromatic nitrogens is 1. The fourth-order valence-electron chi connectivity index (χ4n) is 5.27. The number of sulfone groups is 1. The number of carbonyl (C=O) groups is 2. The number of thiocarbonyl (C=S) groups is 1. The van der Waals surface area contributed by atoms with Crippen LogP contribution in [-0.2, 0) is 30.7 Å². The second kappa shape index (κ2) is 11.2. The number of amides is 1. The van der Waals surface area contributed by atoms with Crippen LogP contribution in [0.5, 0.6) is 0 Å². The Kier molecular flexibility index (Phi) is 8.34. The third kappa shape index (κ3) is 5.26. The maximum atomic E-state index is 13.4. The molecule has 0 saturated carbocycles. The van der Waals surface area contributed by atoms with Gasteiger partial charge < -0.3 is 9.64 Å². The molecule has 1 unspecified atom stereocenters. The van der Waals surface area contributed by atoms with Gasteiger partial charge >= 0.3 is 5.97 Å². The van der Waals surface area contributed by atoms with Crippen molar-refractivity contribution >= 4 is 61.9 Å². The van der Waals surface area contributed by atoms with Gasteiger partial charge in [-0.05, 0) is 51.7 Å². The third-order valence-electron chi connectivity index (χ3n) is 7.25. The number of nitriles is 1. The minimum atomic E-state index is -3.22. The summed E-state index contributed by atoms with van der Waals surface area (Å²) in [6.07, 6.45) is 3.10. The van der Waals surface area contributed by atoms with Gasteiger partial charge in [0.05, 0.1) is 35.0 Å². The zero-order valence-electron chi connectivity index (χ0n) is 21.6. The average molecular weight is 579 g/mol. The van der Waals surface area contributed by atoms with E-state index in [1.165, 1.54) is 9.47 Å². The molecule has 0 aromatic carbocycles. The molecule has 1 aromatic heterocycles. The first-order valence-corrected chi connectivity index (χ1v) is 15.6. The van der Waals surface area contributed by atoms with Crippen molar-refractivity contribution < 1.29 is 22.7 Å². The number of thioether (sulfide) groups is 1. The molecule has 0 aliphatic carbocycles. The van der Waals surface area contributed by atoms with E-state index in [0.29, 0.717) is 71.7 Å². The standard InChI is InChI=1S/C25H30N4O6S3/c1-4-28-21(27-9-6-16(7-10-27)24(32)35-5-2)18(15(3)19(13-26)22(28)30)12-20-23(31)29(25(36)37-20)17-8-11-38(33,34)14-17/h12,16-17H,4-11,14H2,1-3H3. The highest BCUT2D eigenvalue weighted by Crippen LogP contribution is 2.39. The lowest BCUT2D eigenvalue weighted by atomic mass is 9.95. The van der Waals surface area contributed by atoms with Crippen molar-refractivity contribution in [3.8, 4) is 6.07 Å². The number of esters is 1. The summed E-state index contributed by atoms with van der Waals surface area (Å²) >= 11 is 6.55. The summed E-state index contributed by atoms with van der Waals surface area (Å²) < 4.78 is 31.1. The van der Waals surface area contributed by atoms with Crippen LogP contribution in [0, 0.1) is 24.2 Å². The van der Waals surface area contributed by atoms with Crippen LogP contribution in [-0.4, -0.2) is 71.3 Å². The first-order chi connectivity index (χ1) is 18.0. The average Bonchev–Trinajstić information content (AvgIpc) is 3.37. The van der Waals surface area contributed by atoms with Gasteiger partial charge in [-0.3, -0.25) is 23.9 Å². The molecular weight excluding hydrogens is 548 g/mol. The van der Waals surface area contributed by atoms with E-state index in [2.05, 4.69) is 0 Å². The first-order valence-electron chi connectivity index (χ1n) is 12.6. The van der Waals surface area contributed by atoms with Crippen LogP contribution in [0.2, 0.25) is 0 Å². The quantitative estimate of drug-likeness (QED) is 0.281. The molecule has 0 N–H and O–H groups in total. The molecule has 4 heterocycles. The van der Waals surface area contributed by atoms with Crippen molar-refractivity contribution in [3.63, 3.8) is 0 Å². The Morgan fingerprint density at radius 1 is 1.24 bits per heavy atom. The van der Waals surface area contributed by atoms with Gasteiger partial charge in [0.15, 0.2) is 9.84 Å². The topological polar surface area (TPSA) is 130 Å². The number of piperidine rings is 1. The molecule has 0 bridgehead atoms. The molecule has 10 nitrogen and oxygen atoms in total. The van der Waals surface area contributed by atoms with E-state index in [1.54, 1.807) is 19.9 Å². The maximum Gasteiger partial charge on any atom is 0.309 e. The first kappa shape index (κ1) is 28.3. The lowest BCUT2D eigenvalue weighted by molar-refractivity contribution is -0.148. The SMILES string of the molecule is CCOC(=O)C1CCN(c2c(C=C3SC(=S)N(C4CCS(=O)(=O)C4)C3=O)c(C)c(C#N)c(=O)n2CC)CC1. The molecule has 13 heteroatoms. The normalized spacial score (nSPS) is 22.8. The molecule has 38 heavy (non-hydrogen) atoms. The monoisotopic (exact) mass is 578 g/mol. The number of hydrogen-bond acceptors (Lipinski definition) is 10. The molecule has 1 atom stereocenters. The number of anilines is 1. The van der Waals surface area contributed by atoms with Crippen LogP contribution in [0.3, 0.4) is 0 Å². The Hall–Kier alpha value is -2.69. The molecule has 1 amide bonds. The second-order valence-corrected chi connectivity index (χ2v) is 13.4. The Labute approximate surface area is 231 Å². The van der Waals surface area contributed by atoms with E-state index >= 15 is 0 Å². The van der Waals surface area contributed by atoms with E-state index in [1.807, 2.05) is 17.9 Å². The fourth-order valence-corrected chi connectivity index (χ4v) is 8.35. The number of nitrogens with zero attached hydrogens (tertiary/aromatic N) is 4. The van der Waals surface area contributed by atoms with Crippen molar-refractivity contribution in [1.29, 1.82) is 5.26 Å². The summed E-state index contributed by atoms with van der Waals surface area (Å²) in [5.74, 6) is -0.340. The van der Waals surface area contributed by atoms with Crippen molar-refractivity contribution in [2.45, 2.75) is 52.6 Å². The molecule has 3 aliphatic heterocycles. The molecule has 4 rings (SSSR count). The van der Waals surface area contributed by atoms with Crippen LogP contribution in [0.4, 0.5) is 5.82 Å². The molecular formula is C25H30N4O6S3. The summed E-state index contributed by atoms with van der Waals surface area (Å²) in [5, 5.41) is 9.77. The number of ether oxygens (including phenoxy) is 1. The van der Waals surface area contributed by atoms with Crippen molar-refractivity contribution in [2.75, 3.05) is 36.1 Å². The van der Waals surface area contributed by atoms with Crippen molar-refractivity contribution in [3.05, 3.63) is 31.9 Å². The van der Waals surface area contributed by atoms with Crippen LogP contribution in [0.25, 0.3) is 6.08 Å². The van der Waals surface area contributed by atoms with Gasteiger partial charge in [0.25, 0.3) is 11.5 Å². The minimum absolute atomic E-state index is 0.000578. The van der Waals surface area contributed by atoms with Crippen molar-refractivity contribution in [2.24, 2.45) is 5.92 Å². The second-order valence-electron chi connectivity index (χ2n) is 9.52. The third-order valence-corrected chi connectivity index (χ3v) is 10.3. The highest BCUT2D eigenvalue weighted by molar-refractivity contribution is 8.26. The zero-order valence-corrected chi connectivity index (χ0v) is 24.0. The Bertz CT molecular complexity index is 1420. The van der Waals surface area contributed by atoms with Crippen LogP contribution >= 0.6 is 24.0 Å². The lowest BCUT2D eigenvalue weighted by Gasteiger charge is -2.35. The van der Waals surface area contributed by atoms with Gasteiger partial charge in [0.2, 0.25) is 0 Å². The van der Waals surface area contributed by atoms with Crippen LogP contribution in [0.15, 0.2) is 9.70 Å². The summed E-state index contributed by atoms with van der Waals surface area (Å²) in [4.78, 5) is 42.6. The molecule has 0 spiro atoms. The number of carbonyl (C=O) groups excluding carboxylic acids is 2. The smallest absolute Gasteiger partial charge is 0.309 e. The molecule has 3 fully saturated rings. The summed E-state index contributed by atoms with van der Waals surface area (Å²) in [6.45, 7) is 6.89. The predicted molar refractivity (Wildman–Crippen MR) is 149 cm³/mol. The van der Waals surface area contributed by atoms with E-state index in [9.17, 15) is 28.1 Å². The van der Waals surface area contributed by atoms with Gasteiger partial charge in [0.1, 0.15) is 21.8 Å². The van der Waals surface area contributed by atoms with Gasteiger partial charge in [0, 0.05) is 25.2 Å². The van der Waals surface area contributed by atoms with Gasteiger partial charge in [-0.25, -0.2) is 8.42 Å². The Morgan fingerprint density at radius 2 is 1.92 bits per heavy atom. The molecule has 3 aliphatic rings. The largest absolute Gasteiger partial charge is 0.466 e. The van der Waals surface area contributed by atoms with E-state index in [4.69, 9.17) is 17.0 Å². The van der Waals surface area contributed by atoms with Crippen molar-refractivity contribution in [1.82, 2.24) is 9.47 Å². The zero-order chi connectivity index (χ0) is 27.8. The highest BCUT2D eigenvalue weighted by Gasteiger charge is 2.42. The molecule has 204 valence electrons. The molecule has 3 saturated heterocycles.